The summed E-state index contributed by atoms with van der Waals surface area (Å²) in [7, 11) is 2.77. The molecule has 1 amide bonds. The Morgan fingerprint density at radius 1 is 1.14 bits per heavy atom. The summed E-state index contributed by atoms with van der Waals surface area (Å²) in [6.45, 7) is 0.264. The van der Waals surface area contributed by atoms with Crippen LogP contribution in [-0.4, -0.2) is 30.3 Å². The zero-order chi connectivity index (χ0) is 25.3. The molecule has 13 heteroatoms. The predicted octanol–water partition coefficient (Wildman–Crippen LogP) is 2.97. The van der Waals surface area contributed by atoms with E-state index in [0.29, 0.717) is 12.1 Å². The van der Waals surface area contributed by atoms with E-state index in [1.807, 2.05) is 17.5 Å². The molecule has 184 valence electrons. The predicted molar refractivity (Wildman–Crippen MR) is 128 cm³/mol. The van der Waals surface area contributed by atoms with Crippen molar-refractivity contribution in [3.05, 3.63) is 78.6 Å². The Morgan fingerprint density at radius 3 is 2.60 bits per heavy atom. The van der Waals surface area contributed by atoms with Crippen molar-refractivity contribution in [1.29, 1.82) is 0 Å². The van der Waals surface area contributed by atoms with Crippen molar-refractivity contribution in [2.24, 2.45) is 14.1 Å². The zero-order valence-electron chi connectivity index (χ0n) is 18.6. The third kappa shape index (κ3) is 5.20. The van der Waals surface area contributed by atoms with Crippen LogP contribution in [0, 0.1) is 0 Å². The molecule has 3 aromatic heterocycles. The molecule has 0 bridgehead atoms. The number of halogens is 3. The van der Waals surface area contributed by atoms with Crippen LogP contribution in [0.15, 0.2) is 56.5 Å². The summed E-state index contributed by atoms with van der Waals surface area (Å²) in [5.41, 5.74) is -1.59. The molecule has 4 rings (SSSR count). The Labute approximate surface area is 205 Å². The van der Waals surface area contributed by atoms with Gasteiger partial charge in [-0.05, 0) is 29.1 Å². The lowest BCUT2D eigenvalue weighted by Gasteiger charge is -2.12. The van der Waals surface area contributed by atoms with E-state index in [-0.39, 0.29) is 34.5 Å². The fourth-order valence-electron chi connectivity index (χ4n) is 3.49. The van der Waals surface area contributed by atoms with E-state index in [0.717, 1.165) is 33.3 Å². The largest absolute Gasteiger partial charge is 0.416 e. The molecule has 0 unspecified atom stereocenters. The van der Waals surface area contributed by atoms with Crippen molar-refractivity contribution in [1.82, 2.24) is 24.0 Å². The average Bonchev–Trinajstić information content (AvgIpc) is 3.46. The van der Waals surface area contributed by atoms with Gasteiger partial charge >= 0.3 is 11.9 Å². The smallest absolute Gasteiger partial charge is 0.350 e. The monoisotopic (exact) mass is 523 g/mol. The number of alkyl halides is 3. The van der Waals surface area contributed by atoms with Gasteiger partial charge in [0.05, 0.1) is 24.4 Å². The Bertz CT molecular complexity index is 1500. The molecular weight excluding hydrogens is 503 g/mol. The number of rotatable bonds is 7. The molecule has 1 N–H and O–H groups in total. The van der Waals surface area contributed by atoms with Gasteiger partial charge in [0.1, 0.15) is 0 Å². The van der Waals surface area contributed by atoms with E-state index in [4.69, 9.17) is 0 Å². The maximum atomic E-state index is 13.2. The van der Waals surface area contributed by atoms with E-state index < -0.39 is 23.0 Å². The van der Waals surface area contributed by atoms with Crippen molar-refractivity contribution in [2.75, 3.05) is 5.75 Å². The fraction of sp³-hybridized carbons (Fsp3) is 0.273. The molecule has 4 aromatic rings. The van der Waals surface area contributed by atoms with Crippen LogP contribution in [0.2, 0.25) is 0 Å². The molecule has 0 aliphatic rings. The van der Waals surface area contributed by atoms with E-state index in [9.17, 15) is 27.6 Å². The van der Waals surface area contributed by atoms with Gasteiger partial charge < -0.3 is 9.88 Å². The van der Waals surface area contributed by atoms with Crippen molar-refractivity contribution in [3.63, 3.8) is 0 Å². The van der Waals surface area contributed by atoms with Crippen molar-refractivity contribution in [2.45, 2.75) is 24.4 Å². The quantitative estimate of drug-likeness (QED) is 0.376. The number of aromatic nitrogens is 4. The highest BCUT2D eigenvalue weighted by atomic mass is 32.2. The second kappa shape index (κ2) is 9.74. The highest BCUT2D eigenvalue weighted by molar-refractivity contribution is 7.99. The molecule has 3 heterocycles. The third-order valence-electron chi connectivity index (χ3n) is 5.28. The van der Waals surface area contributed by atoms with Crippen molar-refractivity contribution < 1.29 is 18.0 Å². The van der Waals surface area contributed by atoms with E-state index in [1.54, 1.807) is 0 Å². The number of benzene rings is 1. The first-order valence-corrected chi connectivity index (χ1v) is 12.2. The normalized spacial score (nSPS) is 11.8. The molecule has 0 atom stereocenters. The lowest BCUT2D eigenvalue weighted by molar-refractivity contribution is -0.137. The SMILES string of the molecule is Cn1c(=O)c2c(nc(SCC(=O)NCc3cccs3)n2Cc2cccc(C(F)(F)F)c2)n(C)c1=O. The number of carbonyl (C=O) groups is 1. The topological polar surface area (TPSA) is 90.9 Å². The molecule has 0 fully saturated rings. The maximum Gasteiger partial charge on any atom is 0.416 e. The highest BCUT2D eigenvalue weighted by Gasteiger charge is 2.30. The molecular formula is C22H20F3N5O3S2. The summed E-state index contributed by atoms with van der Waals surface area (Å²) in [6.07, 6.45) is -4.52. The number of nitrogens with one attached hydrogen (secondary N) is 1. The van der Waals surface area contributed by atoms with Crippen molar-refractivity contribution in [3.8, 4) is 0 Å². The molecule has 0 saturated heterocycles. The van der Waals surface area contributed by atoms with Gasteiger partial charge in [0.15, 0.2) is 16.3 Å². The summed E-state index contributed by atoms with van der Waals surface area (Å²) in [4.78, 5) is 43.1. The van der Waals surface area contributed by atoms with Gasteiger partial charge in [-0.15, -0.1) is 11.3 Å². The molecule has 0 spiro atoms. The first kappa shape index (κ1) is 24.8. The third-order valence-corrected chi connectivity index (χ3v) is 7.13. The van der Waals surface area contributed by atoms with Crippen molar-refractivity contribution >= 4 is 40.2 Å². The Morgan fingerprint density at radius 2 is 1.91 bits per heavy atom. The number of aryl methyl sites for hydroxylation is 1. The molecule has 0 radical (unpaired) electrons. The molecule has 35 heavy (non-hydrogen) atoms. The highest BCUT2D eigenvalue weighted by Crippen LogP contribution is 2.30. The van der Waals surface area contributed by atoms with Crippen LogP contribution in [0.25, 0.3) is 11.2 Å². The van der Waals surface area contributed by atoms with E-state index in [2.05, 4.69) is 10.3 Å². The maximum absolute atomic E-state index is 13.2. The van der Waals surface area contributed by atoms with Crippen LogP contribution in [0.1, 0.15) is 16.0 Å². The standard InChI is InChI=1S/C22H20F3N5O3S2/c1-28-18-17(19(32)29(2)21(28)33)30(11-13-5-3-6-14(9-13)22(23,24)25)20(27-18)35-12-16(31)26-10-15-7-4-8-34-15/h3-9H,10-12H2,1-2H3,(H,26,31). The number of thiophene rings is 1. The van der Waals surface area contributed by atoms with Gasteiger partial charge in [-0.25, -0.2) is 9.78 Å². The van der Waals surface area contributed by atoms with E-state index >= 15 is 0 Å². The number of imidazole rings is 1. The van der Waals surface area contributed by atoms with Crippen LogP contribution >= 0.6 is 23.1 Å². The zero-order valence-corrected chi connectivity index (χ0v) is 20.3. The number of carbonyl (C=O) groups excluding carboxylic acids is 1. The van der Waals surface area contributed by atoms with Crippen LogP contribution in [0.4, 0.5) is 13.2 Å². The lowest BCUT2D eigenvalue weighted by atomic mass is 10.1. The summed E-state index contributed by atoms with van der Waals surface area (Å²) in [5.74, 6) is -0.311. The second-order valence-corrected chi connectivity index (χ2v) is 9.68. The summed E-state index contributed by atoms with van der Waals surface area (Å²) in [5, 5.41) is 4.93. The number of nitrogens with zero attached hydrogens (tertiary/aromatic N) is 4. The minimum atomic E-state index is -4.52. The Kier molecular flexibility index (Phi) is 6.90. The van der Waals surface area contributed by atoms with Crippen LogP contribution < -0.4 is 16.6 Å². The lowest BCUT2D eigenvalue weighted by Crippen LogP contribution is -2.37. The van der Waals surface area contributed by atoms with Crippen LogP contribution in [0.3, 0.4) is 0 Å². The summed E-state index contributed by atoms with van der Waals surface area (Å²) >= 11 is 2.54. The van der Waals surface area contributed by atoms with Gasteiger partial charge in [0, 0.05) is 19.0 Å². The number of amides is 1. The molecule has 0 aliphatic heterocycles. The minimum Gasteiger partial charge on any atom is -0.350 e. The summed E-state index contributed by atoms with van der Waals surface area (Å²) < 4.78 is 43.2. The van der Waals surface area contributed by atoms with Gasteiger partial charge in [0.2, 0.25) is 5.91 Å². The van der Waals surface area contributed by atoms with Gasteiger partial charge in [-0.1, -0.05) is 30.0 Å². The Balaban J connectivity index is 1.70. The minimum absolute atomic E-state index is 0.0362. The number of thioether (sulfide) groups is 1. The summed E-state index contributed by atoms with van der Waals surface area (Å²) in [6, 6.07) is 8.53. The first-order chi connectivity index (χ1) is 16.6. The van der Waals surface area contributed by atoms with E-state index in [1.165, 1.54) is 46.7 Å². The number of hydrogen-bond donors (Lipinski definition) is 1. The molecule has 0 aliphatic carbocycles. The molecule has 0 saturated carbocycles. The van der Waals surface area contributed by atoms with Gasteiger partial charge in [-0.3, -0.25) is 18.7 Å². The Hall–Kier alpha value is -3.32. The number of fused-ring (bicyclic) bond motifs is 1. The average molecular weight is 524 g/mol. The molecule has 8 nitrogen and oxygen atoms in total. The number of hydrogen-bond acceptors (Lipinski definition) is 6. The van der Waals surface area contributed by atoms with Gasteiger partial charge in [0.25, 0.3) is 5.56 Å². The van der Waals surface area contributed by atoms with Crippen LogP contribution in [-0.2, 0) is 38.2 Å². The first-order valence-electron chi connectivity index (χ1n) is 10.3. The van der Waals surface area contributed by atoms with Gasteiger partial charge in [-0.2, -0.15) is 13.2 Å². The van der Waals surface area contributed by atoms with Crippen LogP contribution in [0.5, 0.6) is 0 Å². The molecule has 1 aromatic carbocycles. The second-order valence-electron chi connectivity index (χ2n) is 7.70. The fourth-order valence-corrected chi connectivity index (χ4v) is 4.96.